The normalized spacial score (nSPS) is 18.8. The lowest BCUT2D eigenvalue weighted by atomic mass is 9.81. The molecule has 3 aliphatic carbocycles. The van der Waals surface area contributed by atoms with Gasteiger partial charge in [-0.05, 0) is 214 Å². The zero-order valence-corrected chi connectivity index (χ0v) is 54.8. The maximum Gasteiger partial charge on any atom is 0.338 e. The van der Waals surface area contributed by atoms with E-state index >= 15 is 0 Å². The number of benzene rings is 6. The number of aryl methyl sites for hydroxylation is 6. The average molecular weight is 1280 g/mol. The van der Waals surface area contributed by atoms with Crippen LogP contribution in [0.15, 0.2) is 146 Å². The van der Waals surface area contributed by atoms with Crippen LogP contribution < -0.4 is 4.74 Å². The molecule has 2 unspecified atom stereocenters. The highest BCUT2D eigenvalue weighted by atomic mass is 17.2. The second-order valence-electron chi connectivity index (χ2n) is 24.6. The molecular formula is C81H116O12. The number of rotatable bonds is 28. The molecule has 93 heavy (non-hydrogen) atoms. The fourth-order valence-corrected chi connectivity index (χ4v) is 12.6. The molecule has 0 bridgehead atoms. The van der Waals surface area contributed by atoms with Crippen LogP contribution in [0.25, 0.3) is 0 Å². The molecule has 0 heterocycles. The SMILES string of the molecule is C.C.C.C=O.CCCc1ccc(C(=O)OC2CCC(C(OO)c3ccc(CCC)cc3)CC2)cc1.CCCc1ccc(COOC2CCC(OC(=O)c3ccc(CCC)cc3)CC2)cc1.CCCc1ccc(OC2CCC(C(OO)c3ccc(CCC)cc3)CC2)cc1. The predicted octanol–water partition coefficient (Wildman–Crippen LogP) is 21.2. The molecule has 6 aromatic rings. The van der Waals surface area contributed by atoms with Gasteiger partial charge >= 0.3 is 11.9 Å². The monoisotopic (exact) mass is 1280 g/mol. The first kappa shape index (κ1) is 80.7. The zero-order chi connectivity index (χ0) is 64.3. The summed E-state index contributed by atoms with van der Waals surface area (Å²) in [5, 5.41) is 19.1. The molecule has 6 aromatic carbocycles. The lowest BCUT2D eigenvalue weighted by Gasteiger charge is -2.32. The van der Waals surface area contributed by atoms with Gasteiger partial charge in [0.2, 0.25) is 0 Å². The summed E-state index contributed by atoms with van der Waals surface area (Å²) in [5.74, 6) is 1.03. The van der Waals surface area contributed by atoms with Crippen LogP contribution in [-0.2, 0) is 79.0 Å². The summed E-state index contributed by atoms with van der Waals surface area (Å²) >= 11 is 0. The van der Waals surface area contributed by atoms with Gasteiger partial charge in [0.1, 0.15) is 43.6 Å². The van der Waals surface area contributed by atoms with Gasteiger partial charge in [0.15, 0.2) is 0 Å². The maximum atomic E-state index is 12.5. The Morgan fingerprint density at radius 2 is 0.645 bits per heavy atom. The molecule has 9 rings (SSSR count). The standard InChI is InChI=1S/2C26H34O4.C25H34O3.CH2O.3CH4/c1-3-5-19-7-11-21(12-8-19)25(30-28)22-15-17-24(18-16-22)29-26(27)23-13-9-20(6-4-2)10-14-23;1-3-5-20-7-9-22(10-8-20)19-28-30-25-17-15-24(16-18-25)29-26(27)23-13-11-21(6-4-2)12-14-23;1-3-5-19-7-11-21(12-8-19)25(28-26)22-13-17-24(18-14-22)27-23-15-9-20(6-4-2)10-16-23;1-2;;;/h7-14,22,24-25,28H,3-6,15-18H2,1-2H3;7-14,24-25H,3-6,15-19H2,1-2H3;7-12,15-16,22,24-26H,3-6,13-14,17-18H2,1-2H3;1H2;3*1H4. The summed E-state index contributed by atoms with van der Waals surface area (Å²) in [6.45, 7) is 15.5. The first-order valence-electron chi connectivity index (χ1n) is 33.8. The third kappa shape index (κ3) is 27.4. The van der Waals surface area contributed by atoms with Gasteiger partial charge in [-0.3, -0.25) is 10.5 Å². The second-order valence-corrected chi connectivity index (χ2v) is 24.6. The van der Waals surface area contributed by atoms with Gasteiger partial charge in [0.05, 0.1) is 23.3 Å². The molecule has 3 saturated carbocycles. The molecular weight excluding hydrogens is 1160 g/mol. The van der Waals surface area contributed by atoms with Crippen molar-refractivity contribution in [1.82, 2.24) is 0 Å². The Kier molecular flexibility index (Phi) is 39.7. The van der Waals surface area contributed by atoms with E-state index < -0.39 is 0 Å². The molecule has 0 radical (unpaired) electrons. The molecule has 0 aromatic heterocycles. The summed E-state index contributed by atoms with van der Waals surface area (Å²) in [4.78, 5) is 53.7. The number of ether oxygens (including phenoxy) is 3. The molecule has 12 nitrogen and oxygen atoms in total. The Morgan fingerprint density at radius 1 is 0.376 bits per heavy atom. The highest BCUT2D eigenvalue weighted by Gasteiger charge is 2.33. The fraction of sp³-hybridized carbons (Fsp3) is 0.519. The minimum absolute atomic E-state index is 0. The number of carbonyl (C=O) groups excluding carboxylic acids is 3. The molecule has 3 aliphatic rings. The van der Waals surface area contributed by atoms with Gasteiger partial charge in [0, 0.05) is 0 Å². The van der Waals surface area contributed by atoms with Crippen molar-refractivity contribution in [3.8, 4) is 5.75 Å². The first-order chi connectivity index (χ1) is 44.0. The molecule has 0 spiro atoms. The van der Waals surface area contributed by atoms with Crippen molar-refractivity contribution in [2.75, 3.05) is 0 Å². The van der Waals surface area contributed by atoms with Crippen LogP contribution in [0.4, 0.5) is 0 Å². The van der Waals surface area contributed by atoms with Crippen LogP contribution in [0.5, 0.6) is 5.75 Å². The summed E-state index contributed by atoms with van der Waals surface area (Å²) in [7, 11) is 0. The first-order valence-corrected chi connectivity index (χ1v) is 33.8. The quantitative estimate of drug-likeness (QED) is 0.0273. The number of carbonyl (C=O) groups is 3. The molecule has 12 heteroatoms. The second kappa shape index (κ2) is 45.8. The van der Waals surface area contributed by atoms with Crippen LogP contribution in [0, 0.1) is 11.8 Å². The van der Waals surface area contributed by atoms with E-state index in [0.29, 0.717) is 23.7 Å². The van der Waals surface area contributed by atoms with Crippen molar-refractivity contribution in [3.63, 3.8) is 0 Å². The van der Waals surface area contributed by atoms with Crippen LogP contribution in [0.2, 0.25) is 0 Å². The minimum Gasteiger partial charge on any atom is -0.490 e. The van der Waals surface area contributed by atoms with Crippen molar-refractivity contribution in [2.45, 2.75) is 261 Å². The lowest BCUT2D eigenvalue weighted by molar-refractivity contribution is -0.338. The van der Waals surface area contributed by atoms with Gasteiger partial charge in [-0.1, -0.05) is 212 Å². The van der Waals surface area contributed by atoms with E-state index in [2.05, 4.69) is 139 Å². The summed E-state index contributed by atoms with van der Waals surface area (Å²) in [5.41, 5.74) is 12.3. The van der Waals surface area contributed by atoms with E-state index in [9.17, 15) is 20.1 Å². The largest absolute Gasteiger partial charge is 0.490 e. The van der Waals surface area contributed by atoms with E-state index in [1.807, 2.05) is 55.3 Å². The average Bonchev–Trinajstić information content (AvgIpc) is 1.13. The maximum absolute atomic E-state index is 12.5. The van der Waals surface area contributed by atoms with E-state index in [0.717, 1.165) is 170 Å². The van der Waals surface area contributed by atoms with Crippen molar-refractivity contribution in [1.29, 1.82) is 0 Å². The smallest absolute Gasteiger partial charge is 0.338 e. The van der Waals surface area contributed by atoms with Crippen LogP contribution in [0.1, 0.15) is 262 Å². The van der Waals surface area contributed by atoms with E-state index in [-0.39, 0.29) is 76.8 Å². The van der Waals surface area contributed by atoms with E-state index in [1.165, 1.54) is 39.8 Å². The molecule has 2 atom stereocenters. The summed E-state index contributed by atoms with van der Waals surface area (Å²) in [6, 6.07) is 49.4. The number of hydrogen-bond acceptors (Lipinski definition) is 12. The molecule has 0 saturated heterocycles. The molecule has 0 amide bonds. The Morgan fingerprint density at radius 3 is 0.968 bits per heavy atom. The van der Waals surface area contributed by atoms with Gasteiger partial charge < -0.3 is 19.0 Å². The Hall–Kier alpha value is -6.51. The predicted molar refractivity (Wildman–Crippen MR) is 378 cm³/mol. The summed E-state index contributed by atoms with van der Waals surface area (Å²) < 4.78 is 17.6. The minimum atomic E-state index is -0.330. The van der Waals surface area contributed by atoms with E-state index in [1.54, 1.807) is 0 Å². The van der Waals surface area contributed by atoms with Gasteiger partial charge in [-0.25, -0.2) is 29.1 Å². The van der Waals surface area contributed by atoms with Crippen molar-refractivity contribution < 1.29 is 58.7 Å². The molecule has 512 valence electrons. The van der Waals surface area contributed by atoms with Gasteiger partial charge in [0.25, 0.3) is 0 Å². The highest BCUT2D eigenvalue weighted by Crippen LogP contribution is 2.40. The van der Waals surface area contributed by atoms with Crippen LogP contribution in [-0.4, -0.2) is 53.7 Å². The van der Waals surface area contributed by atoms with Gasteiger partial charge in [-0.2, -0.15) is 0 Å². The van der Waals surface area contributed by atoms with Gasteiger partial charge in [-0.15, -0.1) is 0 Å². The third-order valence-corrected chi connectivity index (χ3v) is 17.6. The lowest BCUT2D eigenvalue weighted by Crippen LogP contribution is -2.28. The zero-order valence-electron chi connectivity index (χ0n) is 54.8. The molecule has 2 N–H and O–H groups in total. The van der Waals surface area contributed by atoms with Crippen LogP contribution >= 0.6 is 0 Å². The fourth-order valence-electron chi connectivity index (χ4n) is 12.6. The van der Waals surface area contributed by atoms with Crippen molar-refractivity contribution in [2.24, 2.45) is 11.8 Å². The number of esters is 2. The van der Waals surface area contributed by atoms with Crippen LogP contribution in [0.3, 0.4) is 0 Å². The van der Waals surface area contributed by atoms with Crippen molar-refractivity contribution in [3.05, 3.63) is 207 Å². The highest BCUT2D eigenvalue weighted by molar-refractivity contribution is 5.90. The molecule has 3 fully saturated rings. The third-order valence-electron chi connectivity index (χ3n) is 17.6. The van der Waals surface area contributed by atoms with Crippen molar-refractivity contribution >= 4 is 18.7 Å². The topological polar surface area (TPSA) is 156 Å². The molecule has 0 aliphatic heterocycles. The Labute approximate surface area is 560 Å². The number of hydrogen-bond donors (Lipinski definition) is 2. The Bertz CT molecular complexity index is 2870. The summed E-state index contributed by atoms with van der Waals surface area (Å²) in [6.07, 6.45) is 23.4. The Balaban J connectivity index is 0.000000353. The van der Waals surface area contributed by atoms with E-state index in [4.69, 9.17) is 38.6 Å².